The van der Waals surface area contributed by atoms with E-state index in [1.807, 2.05) is 58.2 Å². The number of hydrogen-bond donors (Lipinski definition) is 4. The predicted molar refractivity (Wildman–Crippen MR) is 198 cm³/mol. The number of nitrogens with one attached hydrogen (secondary N) is 3. The third-order valence-corrected chi connectivity index (χ3v) is 11.9. The molecule has 0 spiro atoms. The molecule has 4 N–H and O–H groups in total. The molecule has 0 fully saturated rings. The molecule has 0 amide bonds. The maximum Gasteiger partial charge on any atom is 0.304 e. The number of nitrogens with zero attached hydrogens (tertiary/aromatic N) is 3. The quantitative estimate of drug-likeness (QED) is 0.0339. The number of aliphatic imine (C=N–C) groups is 1. The zero-order valence-electron chi connectivity index (χ0n) is 29.3. The van der Waals surface area contributed by atoms with Gasteiger partial charge < -0.3 is 10.1 Å². The van der Waals surface area contributed by atoms with Gasteiger partial charge in [-0.05, 0) is 74.9 Å². The predicted octanol–water partition coefficient (Wildman–Crippen LogP) is 5.50. The summed E-state index contributed by atoms with van der Waals surface area (Å²) < 4.78 is 58.7. The molecule has 272 valence electrons. The van der Waals surface area contributed by atoms with Crippen LogP contribution in [-0.4, -0.2) is 68.2 Å². The lowest BCUT2D eigenvalue weighted by molar-refractivity contribution is -0.138. The Labute approximate surface area is 300 Å². The normalized spacial score (nSPS) is 13.7. The smallest absolute Gasteiger partial charge is 0.304 e. The first-order valence-corrected chi connectivity index (χ1v) is 19.8. The summed E-state index contributed by atoms with van der Waals surface area (Å²) in [4.78, 5) is 19.9. The Bertz CT molecular complexity index is 2070. The van der Waals surface area contributed by atoms with Gasteiger partial charge in [-0.15, -0.1) is 0 Å². The summed E-state index contributed by atoms with van der Waals surface area (Å²) >= 11 is 0. The van der Waals surface area contributed by atoms with Crippen LogP contribution in [0.3, 0.4) is 0 Å². The van der Waals surface area contributed by atoms with Gasteiger partial charge in [-0.25, -0.2) is 21.6 Å². The van der Waals surface area contributed by atoms with Crippen molar-refractivity contribution in [3.05, 3.63) is 95.7 Å². The van der Waals surface area contributed by atoms with E-state index >= 15 is 0 Å². The molecular formula is C37H46N6O6S2. The van der Waals surface area contributed by atoms with Crippen LogP contribution in [-0.2, 0) is 31.3 Å². The van der Waals surface area contributed by atoms with E-state index in [-0.39, 0.29) is 53.9 Å². The van der Waals surface area contributed by atoms with Crippen molar-refractivity contribution in [3.8, 4) is 6.19 Å². The van der Waals surface area contributed by atoms with Crippen LogP contribution < -0.4 is 10.0 Å². The van der Waals surface area contributed by atoms with E-state index in [0.717, 1.165) is 27.6 Å². The number of carbonyl (C=O) groups is 1. The SMILES string of the molecule is Cc1ccc(S(=O)(=O)N[C@@H](Cc2c[nH]c3ccccc23)C(=NCCCC[C@@H](CC(=O)O)N(CC(C)C)S(=O)(=O)c2ccc(C)cc2)NC#N)cc1. The first-order chi connectivity index (χ1) is 24.2. The van der Waals surface area contributed by atoms with Crippen molar-refractivity contribution < 1.29 is 26.7 Å². The molecule has 0 aliphatic heterocycles. The lowest BCUT2D eigenvalue weighted by Gasteiger charge is -2.31. The van der Waals surface area contributed by atoms with Gasteiger partial charge in [0.1, 0.15) is 5.84 Å². The number of H-pyrrole nitrogens is 1. The number of fused-ring (bicyclic) bond motifs is 1. The van der Waals surface area contributed by atoms with Gasteiger partial charge in [-0.2, -0.15) is 9.57 Å². The maximum atomic E-state index is 13.8. The van der Waals surface area contributed by atoms with E-state index in [2.05, 4.69) is 20.0 Å². The fourth-order valence-corrected chi connectivity index (χ4v) is 8.89. The van der Waals surface area contributed by atoms with Gasteiger partial charge >= 0.3 is 5.97 Å². The van der Waals surface area contributed by atoms with Crippen molar-refractivity contribution in [3.63, 3.8) is 0 Å². The lowest BCUT2D eigenvalue weighted by Crippen LogP contribution is -2.47. The molecule has 0 aliphatic rings. The van der Waals surface area contributed by atoms with Crippen molar-refractivity contribution >= 4 is 42.8 Å². The Balaban J connectivity index is 1.56. The molecule has 0 unspecified atom stereocenters. The number of aliphatic carboxylic acids is 1. The van der Waals surface area contributed by atoms with Gasteiger partial charge in [0.05, 0.1) is 22.3 Å². The molecule has 1 aromatic heterocycles. The molecule has 0 radical (unpaired) electrons. The number of para-hydroxylation sites is 1. The third kappa shape index (κ3) is 10.7. The monoisotopic (exact) mass is 734 g/mol. The van der Waals surface area contributed by atoms with E-state index < -0.39 is 38.1 Å². The Kier molecular flexibility index (Phi) is 13.5. The Morgan fingerprint density at radius 1 is 0.941 bits per heavy atom. The number of aromatic nitrogens is 1. The van der Waals surface area contributed by atoms with Crippen LogP contribution in [0.2, 0.25) is 0 Å². The number of amidine groups is 1. The summed E-state index contributed by atoms with van der Waals surface area (Å²) in [5, 5.41) is 22.9. The van der Waals surface area contributed by atoms with Crippen LogP contribution in [0.15, 0.2) is 93.8 Å². The van der Waals surface area contributed by atoms with E-state index in [0.29, 0.717) is 12.8 Å². The van der Waals surface area contributed by atoms with E-state index in [1.54, 1.807) is 30.5 Å². The summed E-state index contributed by atoms with van der Waals surface area (Å²) in [6, 6.07) is 18.8. The average molecular weight is 735 g/mol. The molecule has 14 heteroatoms. The summed E-state index contributed by atoms with van der Waals surface area (Å²) in [5.74, 6) is -1.03. The first kappa shape index (κ1) is 39.2. The Hall–Kier alpha value is -4.55. The molecule has 0 aliphatic carbocycles. The molecule has 0 bridgehead atoms. The molecule has 0 saturated carbocycles. The van der Waals surface area contributed by atoms with Crippen molar-refractivity contribution in [2.45, 2.75) is 81.7 Å². The Morgan fingerprint density at radius 3 is 2.18 bits per heavy atom. The second-order valence-electron chi connectivity index (χ2n) is 13.1. The van der Waals surface area contributed by atoms with Crippen LogP contribution in [0.4, 0.5) is 0 Å². The number of aromatic amines is 1. The highest BCUT2D eigenvalue weighted by Crippen LogP contribution is 2.25. The van der Waals surface area contributed by atoms with Gasteiger partial charge in [-0.1, -0.05) is 73.9 Å². The average Bonchev–Trinajstić information content (AvgIpc) is 3.48. The van der Waals surface area contributed by atoms with Crippen LogP contribution >= 0.6 is 0 Å². The minimum atomic E-state index is -4.02. The number of aryl methyl sites for hydroxylation is 2. The van der Waals surface area contributed by atoms with Crippen LogP contribution in [0, 0.1) is 31.2 Å². The third-order valence-electron chi connectivity index (χ3n) is 8.46. The second-order valence-corrected chi connectivity index (χ2v) is 16.7. The molecule has 2 atom stereocenters. The fraction of sp³-hybridized carbons (Fsp3) is 0.378. The highest BCUT2D eigenvalue weighted by atomic mass is 32.2. The van der Waals surface area contributed by atoms with Crippen molar-refractivity contribution in [2.24, 2.45) is 10.9 Å². The molecule has 4 rings (SSSR count). The zero-order valence-corrected chi connectivity index (χ0v) is 31.0. The van der Waals surface area contributed by atoms with Crippen LogP contribution in [0.5, 0.6) is 0 Å². The van der Waals surface area contributed by atoms with Gasteiger partial charge in [0, 0.05) is 36.2 Å². The number of hydrogen-bond acceptors (Lipinski definition) is 7. The number of unbranched alkanes of at least 4 members (excludes halogenated alkanes) is 1. The molecule has 1 heterocycles. The summed E-state index contributed by atoms with van der Waals surface area (Å²) in [6.45, 7) is 7.81. The molecule has 3 aromatic carbocycles. The van der Waals surface area contributed by atoms with Crippen LogP contribution in [0.1, 0.15) is 56.2 Å². The minimum absolute atomic E-state index is 0.0523. The zero-order chi connectivity index (χ0) is 37.2. The largest absolute Gasteiger partial charge is 0.481 e. The molecule has 4 aromatic rings. The highest BCUT2D eigenvalue weighted by molar-refractivity contribution is 7.89. The lowest BCUT2D eigenvalue weighted by atomic mass is 10.0. The number of benzene rings is 3. The van der Waals surface area contributed by atoms with Gasteiger partial charge in [-0.3, -0.25) is 15.1 Å². The topological polar surface area (TPSA) is 185 Å². The molecule has 12 nitrogen and oxygen atoms in total. The van der Waals surface area contributed by atoms with E-state index in [9.17, 15) is 32.0 Å². The van der Waals surface area contributed by atoms with Crippen molar-refractivity contribution in [1.82, 2.24) is 19.3 Å². The number of nitriles is 1. The molecule has 51 heavy (non-hydrogen) atoms. The van der Waals surface area contributed by atoms with Crippen LogP contribution in [0.25, 0.3) is 10.9 Å². The fourth-order valence-electron chi connectivity index (χ4n) is 5.87. The summed E-state index contributed by atoms with van der Waals surface area (Å²) in [6.07, 6.45) is 4.63. The Morgan fingerprint density at radius 2 is 1.57 bits per heavy atom. The second kappa shape index (κ2) is 17.6. The van der Waals surface area contributed by atoms with Crippen molar-refractivity contribution in [2.75, 3.05) is 13.1 Å². The molecule has 0 saturated heterocycles. The van der Waals surface area contributed by atoms with E-state index in [1.165, 1.54) is 28.6 Å². The summed E-state index contributed by atoms with van der Waals surface area (Å²) in [5.41, 5.74) is 3.52. The van der Waals surface area contributed by atoms with Crippen molar-refractivity contribution in [1.29, 1.82) is 5.26 Å². The van der Waals surface area contributed by atoms with Gasteiger partial charge in [0.2, 0.25) is 20.0 Å². The summed E-state index contributed by atoms with van der Waals surface area (Å²) in [7, 11) is -8.01. The standard InChI is InChI=1S/C37H46N6O6S2/c1-26(2)24-43(51(48,49)32-18-14-28(4)15-19-32)30(22-36(44)45)9-7-8-20-39-37(41-25-38)35(21-29-23-40-34-11-6-5-10-33(29)34)42-50(46,47)31-16-12-27(3)13-17-31/h5-6,10-19,23,26,30,35,40,42H,7-9,20-22,24H2,1-4H3,(H,39,41)(H,44,45)/t30-,35-/m0/s1. The first-order valence-electron chi connectivity index (χ1n) is 16.8. The minimum Gasteiger partial charge on any atom is -0.481 e. The number of carboxylic acid groups (broad SMARTS) is 1. The van der Waals surface area contributed by atoms with Gasteiger partial charge in [0.15, 0.2) is 6.19 Å². The highest BCUT2D eigenvalue weighted by Gasteiger charge is 2.33. The van der Waals surface area contributed by atoms with Gasteiger partial charge in [0.25, 0.3) is 0 Å². The van der Waals surface area contributed by atoms with E-state index in [4.69, 9.17) is 0 Å². The number of rotatable bonds is 18. The number of carboxylic acids is 1. The molecular weight excluding hydrogens is 689 g/mol. The number of sulfonamides is 2. The maximum absolute atomic E-state index is 13.8.